The lowest BCUT2D eigenvalue weighted by Crippen LogP contribution is -2.47. The van der Waals surface area contributed by atoms with E-state index in [4.69, 9.17) is 4.74 Å². The van der Waals surface area contributed by atoms with Gasteiger partial charge in [-0.15, -0.1) is 11.3 Å². The summed E-state index contributed by atoms with van der Waals surface area (Å²) in [7, 11) is 0. The molecule has 7 heteroatoms. The molecule has 0 spiro atoms. The number of hydrogen-bond acceptors (Lipinski definition) is 4. The smallest absolute Gasteiger partial charge is 0.279 e. The van der Waals surface area contributed by atoms with Gasteiger partial charge in [-0.1, -0.05) is 12.1 Å². The third-order valence-corrected chi connectivity index (χ3v) is 5.02. The number of hydrogen-bond donors (Lipinski definition) is 2. The number of aryl methyl sites for hydroxylation is 2. The Balaban J connectivity index is 1.52. The number of nitrogens with one attached hydrogen (secondary N) is 2. The molecule has 0 bridgehead atoms. The summed E-state index contributed by atoms with van der Waals surface area (Å²) in [5.41, 5.74) is 5.89. The molecule has 24 heavy (non-hydrogen) atoms. The molecule has 1 aliphatic rings. The van der Waals surface area contributed by atoms with Gasteiger partial charge >= 0.3 is 0 Å². The van der Waals surface area contributed by atoms with Gasteiger partial charge in [0.05, 0.1) is 4.88 Å². The minimum absolute atomic E-state index is 0.0128. The first kappa shape index (κ1) is 16.4. The van der Waals surface area contributed by atoms with Gasteiger partial charge in [-0.2, -0.15) is 0 Å². The minimum atomic E-state index is -0.949. The Bertz CT molecular complexity index is 753. The second-order valence-electron chi connectivity index (χ2n) is 5.55. The summed E-state index contributed by atoms with van der Waals surface area (Å²) in [6.45, 7) is 1.48. The number of rotatable bonds is 4. The first-order chi connectivity index (χ1) is 11.5. The molecule has 3 rings (SSSR count). The van der Waals surface area contributed by atoms with E-state index in [1.54, 1.807) is 6.07 Å². The highest BCUT2D eigenvalue weighted by Gasteiger charge is 2.20. The van der Waals surface area contributed by atoms with Crippen LogP contribution >= 0.6 is 11.3 Å². The molecule has 2 aromatic rings. The van der Waals surface area contributed by atoms with Gasteiger partial charge in [0.15, 0.2) is 17.7 Å². The quantitative estimate of drug-likeness (QED) is 0.835. The van der Waals surface area contributed by atoms with Crippen LogP contribution in [0.25, 0.3) is 0 Å². The van der Waals surface area contributed by atoms with E-state index in [1.165, 1.54) is 46.9 Å². The maximum Gasteiger partial charge on any atom is 0.279 e. The van der Waals surface area contributed by atoms with Crippen LogP contribution in [-0.4, -0.2) is 17.9 Å². The second kappa shape index (κ2) is 7.00. The average Bonchev–Trinajstić information content (AvgIpc) is 3.16. The van der Waals surface area contributed by atoms with E-state index in [1.807, 2.05) is 6.07 Å². The molecule has 1 heterocycles. The van der Waals surface area contributed by atoms with E-state index < -0.39 is 17.8 Å². The molecule has 1 aliphatic carbocycles. The third-order valence-electron chi connectivity index (χ3n) is 3.78. The van der Waals surface area contributed by atoms with E-state index >= 15 is 0 Å². The number of fused-ring (bicyclic) bond motifs is 1. The normalized spacial score (nSPS) is 13.9. The fraction of sp³-hybridized carbons (Fsp3) is 0.294. The lowest BCUT2D eigenvalue weighted by molar-refractivity contribution is -0.128. The topological polar surface area (TPSA) is 67.4 Å². The Hall–Kier alpha value is -2.41. The standard InChI is InChI=1S/C17H17FN2O3S/c1-10(23-13-7-3-2-6-12(13)18)16(21)19-20-17(22)15-9-11-5-4-8-14(11)24-15/h2-3,6-7,9-10H,4-5,8H2,1H3,(H,19,21)(H,20,22)/t10-/m1/s1. The Morgan fingerprint density at radius 3 is 2.79 bits per heavy atom. The van der Waals surface area contributed by atoms with Crippen molar-refractivity contribution in [3.05, 3.63) is 51.5 Å². The van der Waals surface area contributed by atoms with Gasteiger partial charge in [-0.3, -0.25) is 20.4 Å². The van der Waals surface area contributed by atoms with Crippen LogP contribution in [-0.2, 0) is 17.6 Å². The number of amides is 2. The SMILES string of the molecule is C[C@@H](Oc1ccccc1F)C(=O)NNC(=O)c1cc2c(s1)CCC2. The largest absolute Gasteiger partial charge is 0.478 e. The maximum absolute atomic E-state index is 13.5. The van der Waals surface area contributed by atoms with Crippen LogP contribution in [0.1, 0.15) is 33.5 Å². The first-order valence-corrected chi connectivity index (χ1v) is 8.49. The zero-order chi connectivity index (χ0) is 17.1. The zero-order valence-electron chi connectivity index (χ0n) is 13.1. The van der Waals surface area contributed by atoms with E-state index in [0.29, 0.717) is 4.88 Å². The molecule has 0 fully saturated rings. The molecule has 0 saturated carbocycles. The Morgan fingerprint density at radius 2 is 2.04 bits per heavy atom. The number of carbonyl (C=O) groups excluding carboxylic acids is 2. The summed E-state index contributed by atoms with van der Waals surface area (Å²) in [6.07, 6.45) is 2.19. The van der Waals surface area contributed by atoms with Crippen LogP contribution in [0.2, 0.25) is 0 Å². The van der Waals surface area contributed by atoms with Crippen molar-refractivity contribution in [1.29, 1.82) is 0 Å². The van der Waals surface area contributed by atoms with Gasteiger partial charge in [0.1, 0.15) is 0 Å². The summed E-state index contributed by atoms with van der Waals surface area (Å²) >= 11 is 1.45. The van der Waals surface area contributed by atoms with Crippen molar-refractivity contribution >= 4 is 23.2 Å². The number of ether oxygens (including phenoxy) is 1. The number of thiophene rings is 1. The van der Waals surface area contributed by atoms with Crippen molar-refractivity contribution in [2.24, 2.45) is 0 Å². The maximum atomic E-state index is 13.5. The summed E-state index contributed by atoms with van der Waals surface area (Å²) in [5.74, 6) is -1.48. The third kappa shape index (κ3) is 3.56. The molecule has 0 aliphatic heterocycles. The number of hydrazine groups is 1. The number of benzene rings is 1. The molecule has 1 aromatic carbocycles. The van der Waals surface area contributed by atoms with Crippen LogP contribution in [0.15, 0.2) is 30.3 Å². The van der Waals surface area contributed by atoms with Crippen LogP contribution in [0.4, 0.5) is 4.39 Å². The van der Waals surface area contributed by atoms with Gasteiger partial charge in [-0.25, -0.2) is 4.39 Å². The van der Waals surface area contributed by atoms with Crippen LogP contribution in [0.5, 0.6) is 5.75 Å². The summed E-state index contributed by atoms with van der Waals surface area (Å²) in [5, 5.41) is 0. The Morgan fingerprint density at radius 1 is 1.25 bits per heavy atom. The van der Waals surface area contributed by atoms with Gasteiger partial charge < -0.3 is 4.74 Å². The Labute approximate surface area is 142 Å². The van der Waals surface area contributed by atoms with Gasteiger partial charge in [-0.05, 0) is 49.9 Å². The van der Waals surface area contributed by atoms with E-state index in [2.05, 4.69) is 10.9 Å². The van der Waals surface area contributed by atoms with Crippen LogP contribution < -0.4 is 15.6 Å². The van der Waals surface area contributed by atoms with E-state index in [-0.39, 0.29) is 11.7 Å². The summed E-state index contributed by atoms with van der Waals surface area (Å²) in [4.78, 5) is 25.8. The van der Waals surface area contributed by atoms with Crippen molar-refractivity contribution < 1.29 is 18.7 Å². The highest BCUT2D eigenvalue weighted by atomic mass is 32.1. The highest BCUT2D eigenvalue weighted by molar-refractivity contribution is 7.14. The van der Waals surface area contributed by atoms with Gasteiger partial charge in [0.25, 0.3) is 11.8 Å². The predicted molar refractivity (Wildman–Crippen MR) is 88.4 cm³/mol. The molecule has 5 nitrogen and oxygen atoms in total. The van der Waals surface area contributed by atoms with Crippen molar-refractivity contribution in [2.45, 2.75) is 32.3 Å². The fourth-order valence-electron chi connectivity index (χ4n) is 2.51. The number of halogens is 1. The molecule has 126 valence electrons. The van der Waals surface area contributed by atoms with E-state index in [9.17, 15) is 14.0 Å². The molecule has 2 amide bonds. The molecule has 2 N–H and O–H groups in total. The monoisotopic (exact) mass is 348 g/mol. The molecular formula is C17H17FN2O3S. The zero-order valence-corrected chi connectivity index (χ0v) is 13.9. The van der Waals surface area contributed by atoms with E-state index in [0.717, 1.165) is 19.3 Å². The molecule has 1 atom stereocenters. The van der Waals surface area contributed by atoms with Crippen molar-refractivity contribution in [3.8, 4) is 5.75 Å². The lowest BCUT2D eigenvalue weighted by atomic mass is 10.2. The number of carbonyl (C=O) groups is 2. The first-order valence-electron chi connectivity index (χ1n) is 7.67. The fourth-order valence-corrected chi connectivity index (χ4v) is 3.66. The minimum Gasteiger partial charge on any atom is -0.478 e. The molecule has 0 radical (unpaired) electrons. The van der Waals surface area contributed by atoms with Crippen molar-refractivity contribution in [2.75, 3.05) is 0 Å². The van der Waals surface area contributed by atoms with Gasteiger partial charge in [0, 0.05) is 4.88 Å². The molecule has 0 unspecified atom stereocenters. The van der Waals surface area contributed by atoms with Crippen LogP contribution in [0.3, 0.4) is 0 Å². The molecule has 1 aromatic heterocycles. The predicted octanol–water partition coefficient (Wildman–Crippen LogP) is 2.60. The second-order valence-corrected chi connectivity index (χ2v) is 6.68. The van der Waals surface area contributed by atoms with Crippen LogP contribution in [0, 0.1) is 5.82 Å². The summed E-state index contributed by atoms with van der Waals surface area (Å²) < 4.78 is 18.8. The lowest BCUT2D eigenvalue weighted by Gasteiger charge is -2.15. The summed E-state index contributed by atoms with van der Waals surface area (Å²) in [6, 6.07) is 7.70. The average molecular weight is 348 g/mol. The van der Waals surface area contributed by atoms with Gasteiger partial charge in [0.2, 0.25) is 0 Å². The molecule has 0 saturated heterocycles. The Kier molecular flexibility index (Phi) is 4.80. The number of para-hydroxylation sites is 1. The highest BCUT2D eigenvalue weighted by Crippen LogP contribution is 2.30. The van der Waals surface area contributed by atoms with Crippen molar-refractivity contribution in [1.82, 2.24) is 10.9 Å². The van der Waals surface area contributed by atoms with Crippen molar-refractivity contribution in [3.63, 3.8) is 0 Å². The molecular weight excluding hydrogens is 331 g/mol.